The van der Waals surface area contributed by atoms with Crippen molar-refractivity contribution in [1.82, 2.24) is 10.1 Å². The third-order valence-electron chi connectivity index (χ3n) is 6.05. The van der Waals surface area contributed by atoms with Gasteiger partial charge in [0.1, 0.15) is 0 Å². The molecule has 0 bridgehead atoms. The fraction of sp³-hybridized carbons (Fsp3) is 0.400. The van der Waals surface area contributed by atoms with Gasteiger partial charge >= 0.3 is 0 Å². The minimum Gasteiger partial charge on any atom is -0.448 e. The van der Waals surface area contributed by atoms with Crippen molar-refractivity contribution in [2.45, 2.75) is 64.1 Å². The highest BCUT2D eigenvalue weighted by Crippen LogP contribution is 2.47. The first-order chi connectivity index (χ1) is 15.5. The van der Waals surface area contributed by atoms with Crippen molar-refractivity contribution in [1.29, 1.82) is 0 Å². The second kappa shape index (κ2) is 8.30. The van der Waals surface area contributed by atoms with Gasteiger partial charge in [-0.15, -0.1) is 0 Å². The van der Waals surface area contributed by atoms with E-state index < -0.39 is 5.79 Å². The number of rotatable bonds is 6. The molecule has 1 aliphatic heterocycles. The Kier molecular flexibility index (Phi) is 5.33. The summed E-state index contributed by atoms with van der Waals surface area (Å²) in [6.45, 7) is 4.31. The topological polar surface area (TPSA) is 86.5 Å². The minimum absolute atomic E-state index is 0.125. The average Bonchev–Trinajstić information content (AvgIpc) is 3.52. The van der Waals surface area contributed by atoms with Gasteiger partial charge in [0.15, 0.2) is 11.5 Å². The first kappa shape index (κ1) is 20.5. The highest BCUT2D eigenvalue weighted by atomic mass is 16.7. The molecule has 1 N–H and O–H groups in total. The Bertz CT molecular complexity index is 1110. The Balaban J connectivity index is 1.16. The second-order valence-corrected chi connectivity index (χ2v) is 8.82. The van der Waals surface area contributed by atoms with Crippen LogP contribution in [0.4, 0.5) is 5.69 Å². The average molecular weight is 434 g/mol. The molecule has 1 amide bonds. The van der Waals surface area contributed by atoms with Crippen LogP contribution in [0.2, 0.25) is 0 Å². The lowest BCUT2D eigenvalue weighted by Gasteiger charge is -2.21. The molecule has 7 heteroatoms. The number of nitrogens with zero attached hydrogens (tertiary/aromatic N) is 2. The zero-order valence-corrected chi connectivity index (χ0v) is 18.4. The Morgan fingerprint density at radius 3 is 2.56 bits per heavy atom. The van der Waals surface area contributed by atoms with Crippen LogP contribution in [0.15, 0.2) is 47.0 Å². The van der Waals surface area contributed by atoms with E-state index in [1.807, 2.05) is 30.3 Å². The molecule has 0 saturated heterocycles. The summed E-state index contributed by atoms with van der Waals surface area (Å²) in [6.07, 6.45) is 4.63. The molecule has 1 aliphatic carbocycles. The van der Waals surface area contributed by atoms with Crippen LogP contribution in [0, 0.1) is 0 Å². The van der Waals surface area contributed by atoms with Crippen molar-refractivity contribution in [2.24, 2.45) is 0 Å². The van der Waals surface area contributed by atoms with Gasteiger partial charge in [-0.2, -0.15) is 4.98 Å². The third kappa shape index (κ3) is 4.20. The Hall–Kier alpha value is -3.35. The SMILES string of the molecule is CC(C)c1ccc(-c2noc(CCC(=O)Nc3ccc4c(c3)OC3(CCCC3)O4)n2)cc1. The van der Waals surface area contributed by atoms with Crippen LogP contribution in [-0.4, -0.2) is 21.8 Å². The molecule has 32 heavy (non-hydrogen) atoms. The summed E-state index contributed by atoms with van der Waals surface area (Å²) in [5, 5.41) is 6.96. The van der Waals surface area contributed by atoms with Crippen molar-refractivity contribution in [3.63, 3.8) is 0 Å². The van der Waals surface area contributed by atoms with E-state index in [1.165, 1.54) is 5.56 Å². The first-order valence-corrected chi connectivity index (χ1v) is 11.2. The molecule has 0 radical (unpaired) electrons. The Morgan fingerprint density at radius 2 is 1.81 bits per heavy atom. The van der Waals surface area contributed by atoms with Crippen LogP contribution < -0.4 is 14.8 Å². The van der Waals surface area contributed by atoms with Gasteiger partial charge in [0.25, 0.3) is 5.79 Å². The zero-order valence-electron chi connectivity index (χ0n) is 18.4. The van der Waals surface area contributed by atoms with E-state index in [1.54, 1.807) is 0 Å². The highest BCUT2D eigenvalue weighted by Gasteiger charge is 2.44. The van der Waals surface area contributed by atoms with Gasteiger partial charge in [-0.3, -0.25) is 4.79 Å². The molecule has 0 atom stereocenters. The van der Waals surface area contributed by atoms with Crippen LogP contribution in [0.1, 0.15) is 63.3 Å². The predicted molar refractivity (Wildman–Crippen MR) is 120 cm³/mol. The molecule has 1 spiro atoms. The monoisotopic (exact) mass is 433 g/mol. The lowest BCUT2D eigenvalue weighted by atomic mass is 10.0. The van der Waals surface area contributed by atoms with Crippen molar-refractivity contribution in [3.05, 3.63) is 53.9 Å². The highest BCUT2D eigenvalue weighted by molar-refractivity contribution is 5.91. The molecule has 1 fully saturated rings. The fourth-order valence-electron chi connectivity index (χ4n) is 4.22. The van der Waals surface area contributed by atoms with Crippen LogP contribution >= 0.6 is 0 Å². The van der Waals surface area contributed by atoms with Gasteiger partial charge in [0, 0.05) is 43.0 Å². The van der Waals surface area contributed by atoms with Gasteiger partial charge in [-0.1, -0.05) is 43.3 Å². The number of aryl methyl sites for hydroxylation is 1. The third-order valence-corrected chi connectivity index (χ3v) is 6.05. The molecule has 7 nitrogen and oxygen atoms in total. The van der Waals surface area contributed by atoms with Crippen molar-refractivity contribution >= 4 is 11.6 Å². The number of ether oxygens (including phenoxy) is 2. The number of amides is 1. The molecule has 2 heterocycles. The maximum Gasteiger partial charge on any atom is 0.251 e. The van der Waals surface area contributed by atoms with Crippen LogP contribution in [0.5, 0.6) is 11.5 Å². The Labute approximate surface area is 187 Å². The number of aromatic nitrogens is 2. The van der Waals surface area contributed by atoms with Crippen LogP contribution in [-0.2, 0) is 11.2 Å². The molecular formula is C25H27N3O4. The normalized spacial score (nSPS) is 16.1. The van der Waals surface area contributed by atoms with Crippen molar-refractivity contribution < 1.29 is 18.8 Å². The van der Waals surface area contributed by atoms with E-state index in [0.29, 0.717) is 35.5 Å². The van der Waals surface area contributed by atoms with E-state index in [0.717, 1.165) is 37.0 Å². The predicted octanol–water partition coefficient (Wildman–Crippen LogP) is 5.47. The fourth-order valence-corrected chi connectivity index (χ4v) is 4.22. The maximum absolute atomic E-state index is 12.4. The molecule has 1 saturated carbocycles. The summed E-state index contributed by atoms with van der Waals surface area (Å²) in [4.78, 5) is 16.9. The quantitative estimate of drug-likeness (QED) is 0.554. The number of hydrogen-bond donors (Lipinski definition) is 1. The van der Waals surface area contributed by atoms with E-state index in [4.69, 9.17) is 14.0 Å². The molecule has 1 aromatic heterocycles. The number of carbonyl (C=O) groups is 1. The van der Waals surface area contributed by atoms with E-state index in [2.05, 4.69) is 41.4 Å². The maximum atomic E-state index is 12.4. The van der Waals surface area contributed by atoms with Gasteiger partial charge in [-0.05, 0) is 36.5 Å². The van der Waals surface area contributed by atoms with E-state index in [9.17, 15) is 4.79 Å². The molecule has 0 unspecified atom stereocenters. The molecular weight excluding hydrogens is 406 g/mol. The number of nitrogens with one attached hydrogen (secondary N) is 1. The van der Waals surface area contributed by atoms with Crippen LogP contribution in [0.3, 0.4) is 0 Å². The van der Waals surface area contributed by atoms with Crippen LogP contribution in [0.25, 0.3) is 11.4 Å². The summed E-state index contributed by atoms with van der Waals surface area (Å²) in [5.41, 5.74) is 2.84. The van der Waals surface area contributed by atoms with Gasteiger partial charge in [0.05, 0.1) is 0 Å². The summed E-state index contributed by atoms with van der Waals surface area (Å²) in [5.74, 6) is 2.25. The van der Waals surface area contributed by atoms with Crippen molar-refractivity contribution in [2.75, 3.05) is 5.32 Å². The Morgan fingerprint density at radius 1 is 1.06 bits per heavy atom. The van der Waals surface area contributed by atoms with E-state index >= 15 is 0 Å². The lowest BCUT2D eigenvalue weighted by Crippen LogP contribution is -2.34. The number of anilines is 1. The lowest BCUT2D eigenvalue weighted by molar-refractivity contribution is -0.116. The van der Waals surface area contributed by atoms with E-state index in [-0.39, 0.29) is 12.3 Å². The smallest absolute Gasteiger partial charge is 0.251 e. The number of fused-ring (bicyclic) bond motifs is 1. The second-order valence-electron chi connectivity index (χ2n) is 8.82. The largest absolute Gasteiger partial charge is 0.448 e. The summed E-state index contributed by atoms with van der Waals surface area (Å²) < 4.78 is 17.4. The summed E-state index contributed by atoms with van der Waals surface area (Å²) in [7, 11) is 0. The summed E-state index contributed by atoms with van der Waals surface area (Å²) in [6, 6.07) is 13.6. The zero-order chi connectivity index (χ0) is 22.1. The van der Waals surface area contributed by atoms with Crippen molar-refractivity contribution in [3.8, 4) is 22.9 Å². The minimum atomic E-state index is -0.504. The first-order valence-electron chi connectivity index (χ1n) is 11.2. The number of benzene rings is 2. The molecule has 3 aromatic rings. The standard InChI is InChI=1S/C25H27N3O4/c1-16(2)17-5-7-18(8-6-17)24-27-23(32-28-24)12-11-22(29)26-19-9-10-20-21(15-19)31-25(30-20)13-3-4-14-25/h5-10,15-16H,3-4,11-14H2,1-2H3,(H,26,29). The molecule has 166 valence electrons. The molecule has 5 rings (SSSR count). The number of carbonyl (C=O) groups excluding carboxylic acids is 1. The van der Waals surface area contributed by atoms with Gasteiger partial charge in [-0.25, -0.2) is 0 Å². The molecule has 2 aliphatic rings. The van der Waals surface area contributed by atoms with Gasteiger partial charge < -0.3 is 19.3 Å². The van der Waals surface area contributed by atoms with Gasteiger partial charge in [0.2, 0.25) is 17.6 Å². The molecule has 2 aromatic carbocycles. The summed E-state index contributed by atoms with van der Waals surface area (Å²) >= 11 is 0. The number of hydrogen-bond acceptors (Lipinski definition) is 6.